The van der Waals surface area contributed by atoms with Crippen LogP contribution in [0.15, 0.2) is 24.3 Å². The lowest BCUT2D eigenvalue weighted by molar-refractivity contribution is -0.0437. The Morgan fingerprint density at radius 3 is 2.08 bits per heavy atom. The summed E-state index contributed by atoms with van der Waals surface area (Å²) in [5.74, 6) is -0.621. The molecule has 0 saturated heterocycles. The number of ether oxygens (including phenoxy) is 1. The summed E-state index contributed by atoms with van der Waals surface area (Å²) in [7, 11) is -4.11. The predicted octanol–water partition coefficient (Wildman–Crippen LogP) is 3.25. The summed E-state index contributed by atoms with van der Waals surface area (Å²) in [6.45, 7) is 2.33. The standard InChI is InChI=1S/C14H21F3O5SSi/c1-20-24(3,21-2)10-4-9-22-13-7-5-12(6-8-13)11-23(18,19)14(15,16)17/h5-8H,4,9-11H2,1-3H3. The zero-order valence-electron chi connectivity index (χ0n) is 13.7. The monoisotopic (exact) mass is 386 g/mol. The molecular formula is C14H21F3O5SSi. The van der Waals surface area contributed by atoms with Gasteiger partial charge in [-0.15, -0.1) is 0 Å². The number of alkyl halides is 3. The Bertz CT molecular complexity index is 612. The van der Waals surface area contributed by atoms with E-state index in [1.54, 1.807) is 14.2 Å². The Morgan fingerprint density at radius 1 is 1.08 bits per heavy atom. The molecule has 0 radical (unpaired) electrons. The molecule has 0 aliphatic heterocycles. The molecule has 0 atom stereocenters. The van der Waals surface area contributed by atoms with Gasteiger partial charge in [0.05, 0.1) is 12.4 Å². The molecule has 0 bridgehead atoms. The lowest BCUT2D eigenvalue weighted by Gasteiger charge is -2.22. The Kier molecular flexibility index (Phi) is 7.26. The van der Waals surface area contributed by atoms with Crippen LogP contribution in [0.5, 0.6) is 5.75 Å². The topological polar surface area (TPSA) is 61.8 Å². The first-order chi connectivity index (χ1) is 11.0. The summed E-state index contributed by atoms with van der Waals surface area (Å²) >= 11 is 0. The third-order valence-electron chi connectivity index (χ3n) is 3.54. The maximum atomic E-state index is 12.3. The van der Waals surface area contributed by atoms with Crippen molar-refractivity contribution >= 4 is 18.4 Å². The van der Waals surface area contributed by atoms with Crippen molar-refractivity contribution in [3.63, 3.8) is 0 Å². The summed E-state index contributed by atoms with van der Waals surface area (Å²) < 4.78 is 75.3. The van der Waals surface area contributed by atoms with Crippen molar-refractivity contribution in [2.75, 3.05) is 20.8 Å². The molecule has 0 heterocycles. The second kappa shape index (κ2) is 8.32. The van der Waals surface area contributed by atoms with Crippen LogP contribution in [0.25, 0.3) is 0 Å². The molecule has 0 unspecified atom stereocenters. The second-order valence-electron chi connectivity index (χ2n) is 5.34. The molecule has 24 heavy (non-hydrogen) atoms. The third-order valence-corrected chi connectivity index (χ3v) is 7.95. The maximum Gasteiger partial charge on any atom is 0.497 e. The van der Waals surface area contributed by atoms with Crippen LogP contribution in [0.2, 0.25) is 12.6 Å². The summed E-state index contributed by atoms with van der Waals surface area (Å²) in [5, 5.41) is 0. The van der Waals surface area contributed by atoms with Crippen molar-refractivity contribution in [1.29, 1.82) is 0 Å². The fraction of sp³-hybridized carbons (Fsp3) is 0.571. The normalized spacial score (nSPS) is 13.1. The van der Waals surface area contributed by atoms with E-state index in [-0.39, 0.29) is 5.56 Å². The van der Waals surface area contributed by atoms with Crippen LogP contribution in [0.4, 0.5) is 13.2 Å². The lowest BCUT2D eigenvalue weighted by atomic mass is 10.2. The molecule has 0 aliphatic carbocycles. The summed E-state index contributed by atoms with van der Waals surface area (Å²) in [6, 6.07) is 6.25. The molecular weight excluding hydrogens is 365 g/mol. The molecule has 0 amide bonds. The molecule has 0 saturated carbocycles. The number of sulfone groups is 1. The first kappa shape index (κ1) is 20.9. The van der Waals surface area contributed by atoms with Gasteiger partial charge in [-0.05, 0) is 36.7 Å². The predicted molar refractivity (Wildman–Crippen MR) is 85.7 cm³/mol. The molecule has 1 rings (SSSR count). The fourth-order valence-electron chi connectivity index (χ4n) is 1.85. The maximum absolute atomic E-state index is 12.3. The van der Waals surface area contributed by atoms with E-state index in [0.717, 1.165) is 6.04 Å². The van der Waals surface area contributed by atoms with Gasteiger partial charge in [-0.25, -0.2) is 8.42 Å². The van der Waals surface area contributed by atoms with Crippen molar-refractivity contribution < 1.29 is 35.2 Å². The van der Waals surface area contributed by atoms with E-state index >= 15 is 0 Å². The van der Waals surface area contributed by atoms with E-state index < -0.39 is 29.7 Å². The number of halogens is 3. The van der Waals surface area contributed by atoms with Gasteiger partial charge in [-0.3, -0.25) is 0 Å². The molecule has 5 nitrogen and oxygen atoms in total. The van der Waals surface area contributed by atoms with E-state index in [2.05, 4.69) is 0 Å². The van der Waals surface area contributed by atoms with Crippen molar-refractivity contribution in [3.05, 3.63) is 29.8 Å². The van der Waals surface area contributed by atoms with Crippen LogP contribution in [0.1, 0.15) is 12.0 Å². The smallest absolute Gasteiger partial charge is 0.494 e. The molecule has 138 valence electrons. The average molecular weight is 386 g/mol. The Balaban J connectivity index is 2.52. The molecule has 0 aliphatic rings. The number of rotatable bonds is 9. The van der Waals surface area contributed by atoms with Crippen LogP contribution < -0.4 is 4.74 Å². The minimum atomic E-state index is -5.25. The van der Waals surface area contributed by atoms with Gasteiger partial charge in [-0.1, -0.05) is 12.1 Å². The highest BCUT2D eigenvalue weighted by molar-refractivity contribution is 7.91. The van der Waals surface area contributed by atoms with Gasteiger partial charge in [-0.2, -0.15) is 13.2 Å². The minimum absolute atomic E-state index is 0.0541. The van der Waals surface area contributed by atoms with Crippen molar-refractivity contribution in [2.24, 2.45) is 0 Å². The SMILES string of the molecule is CO[Si](C)(CCCOc1ccc(CS(=O)(=O)C(F)(F)F)cc1)OC. The second-order valence-corrected chi connectivity index (χ2v) is 10.9. The van der Waals surface area contributed by atoms with Crippen LogP contribution in [-0.2, 0) is 24.4 Å². The molecule has 0 spiro atoms. The quantitative estimate of drug-likeness (QED) is 0.482. The molecule has 1 aromatic rings. The minimum Gasteiger partial charge on any atom is -0.494 e. The van der Waals surface area contributed by atoms with E-state index in [1.807, 2.05) is 6.55 Å². The molecule has 10 heteroatoms. The number of benzene rings is 1. The van der Waals surface area contributed by atoms with Gasteiger partial charge in [0, 0.05) is 14.2 Å². The van der Waals surface area contributed by atoms with Crippen molar-refractivity contribution in [2.45, 2.75) is 30.3 Å². The van der Waals surface area contributed by atoms with E-state index in [0.29, 0.717) is 18.8 Å². The van der Waals surface area contributed by atoms with Crippen LogP contribution in [0.3, 0.4) is 0 Å². The fourth-order valence-corrected chi connectivity index (χ4v) is 4.01. The van der Waals surface area contributed by atoms with E-state index in [4.69, 9.17) is 13.6 Å². The lowest BCUT2D eigenvalue weighted by Crippen LogP contribution is -2.36. The molecule has 0 N–H and O–H groups in total. The largest absolute Gasteiger partial charge is 0.497 e. The molecule has 0 aromatic heterocycles. The first-order valence-corrected chi connectivity index (χ1v) is 11.3. The van der Waals surface area contributed by atoms with Gasteiger partial charge < -0.3 is 13.6 Å². The highest BCUT2D eigenvalue weighted by Gasteiger charge is 2.45. The highest BCUT2D eigenvalue weighted by atomic mass is 32.2. The van der Waals surface area contributed by atoms with Gasteiger partial charge in [0.1, 0.15) is 5.75 Å². The third kappa shape index (κ3) is 6.08. The van der Waals surface area contributed by atoms with Crippen molar-refractivity contribution in [3.8, 4) is 5.75 Å². The van der Waals surface area contributed by atoms with Crippen molar-refractivity contribution in [1.82, 2.24) is 0 Å². The Hall–Kier alpha value is -1.10. The Labute approximate surface area is 140 Å². The molecule has 1 aromatic carbocycles. The number of hydrogen-bond donors (Lipinski definition) is 0. The zero-order chi connectivity index (χ0) is 18.4. The van der Waals surface area contributed by atoms with Crippen LogP contribution in [0, 0.1) is 0 Å². The highest BCUT2D eigenvalue weighted by Crippen LogP contribution is 2.27. The average Bonchev–Trinajstić information content (AvgIpc) is 2.51. The summed E-state index contributed by atoms with van der Waals surface area (Å²) in [6.07, 6.45) is 0.703. The van der Waals surface area contributed by atoms with Gasteiger partial charge in [0.2, 0.25) is 0 Å². The van der Waals surface area contributed by atoms with E-state index in [1.165, 1.54) is 24.3 Å². The van der Waals surface area contributed by atoms with Crippen LogP contribution >= 0.6 is 0 Å². The van der Waals surface area contributed by atoms with E-state index in [9.17, 15) is 21.6 Å². The number of hydrogen-bond acceptors (Lipinski definition) is 5. The summed E-state index contributed by atoms with van der Waals surface area (Å²) in [5.41, 5.74) is -5.19. The van der Waals surface area contributed by atoms with Gasteiger partial charge in [0.25, 0.3) is 9.84 Å². The summed E-state index contributed by atoms with van der Waals surface area (Å²) in [4.78, 5) is 0. The molecule has 0 fully saturated rings. The Morgan fingerprint density at radius 2 is 1.62 bits per heavy atom. The zero-order valence-corrected chi connectivity index (χ0v) is 15.5. The first-order valence-electron chi connectivity index (χ1n) is 7.14. The van der Waals surface area contributed by atoms with Gasteiger partial charge in [0.15, 0.2) is 0 Å². The van der Waals surface area contributed by atoms with Gasteiger partial charge >= 0.3 is 14.1 Å². The van der Waals surface area contributed by atoms with Crippen LogP contribution in [-0.4, -0.2) is 43.3 Å².